The molecule has 13 heavy (non-hydrogen) atoms. The standard InChI is InChI=1S/C9H17NO2.ClH/c1-3-7-5-10-6-8(7)9(11)12-4-2;/h7-8,10H,3-6H2,1-2H3;1H/t7-,8-;/m0./s1. The van der Waals surface area contributed by atoms with E-state index in [0.717, 1.165) is 19.5 Å². The normalized spacial score (nSPS) is 26.6. The molecule has 0 aromatic heterocycles. The molecule has 3 nitrogen and oxygen atoms in total. The zero-order chi connectivity index (χ0) is 8.97. The second-order valence-corrected chi connectivity index (χ2v) is 3.19. The van der Waals surface area contributed by atoms with Crippen LogP contribution in [-0.4, -0.2) is 25.7 Å². The van der Waals surface area contributed by atoms with Crippen molar-refractivity contribution in [2.24, 2.45) is 11.8 Å². The van der Waals surface area contributed by atoms with E-state index in [4.69, 9.17) is 4.74 Å². The Balaban J connectivity index is 0.00000144. The van der Waals surface area contributed by atoms with E-state index in [1.165, 1.54) is 0 Å². The van der Waals surface area contributed by atoms with Crippen molar-refractivity contribution in [2.75, 3.05) is 19.7 Å². The van der Waals surface area contributed by atoms with Gasteiger partial charge in [0.05, 0.1) is 12.5 Å². The van der Waals surface area contributed by atoms with Crippen molar-refractivity contribution < 1.29 is 9.53 Å². The number of hydrogen-bond donors (Lipinski definition) is 1. The van der Waals surface area contributed by atoms with Crippen molar-refractivity contribution in [2.45, 2.75) is 20.3 Å². The Hall–Kier alpha value is -0.280. The second-order valence-electron chi connectivity index (χ2n) is 3.19. The topological polar surface area (TPSA) is 38.3 Å². The number of ether oxygens (including phenoxy) is 1. The quantitative estimate of drug-likeness (QED) is 0.708. The minimum atomic E-state index is -0.0330. The Morgan fingerprint density at radius 1 is 1.46 bits per heavy atom. The first-order chi connectivity index (χ1) is 5.79. The first kappa shape index (κ1) is 12.7. The molecule has 2 atom stereocenters. The predicted molar refractivity (Wildman–Crippen MR) is 54.0 cm³/mol. The van der Waals surface area contributed by atoms with Crippen molar-refractivity contribution in [1.29, 1.82) is 0 Å². The Morgan fingerprint density at radius 2 is 2.15 bits per heavy atom. The molecule has 1 rings (SSSR count). The smallest absolute Gasteiger partial charge is 0.310 e. The summed E-state index contributed by atoms with van der Waals surface area (Å²) < 4.78 is 4.98. The molecule has 0 spiro atoms. The van der Waals surface area contributed by atoms with Crippen LogP contribution in [0.5, 0.6) is 0 Å². The number of hydrogen-bond acceptors (Lipinski definition) is 3. The van der Waals surface area contributed by atoms with Crippen LogP contribution in [-0.2, 0) is 9.53 Å². The van der Waals surface area contributed by atoms with Gasteiger partial charge in [0.1, 0.15) is 0 Å². The van der Waals surface area contributed by atoms with Crippen LogP contribution < -0.4 is 5.32 Å². The summed E-state index contributed by atoms with van der Waals surface area (Å²) in [5.41, 5.74) is 0. The molecule has 1 saturated heterocycles. The molecule has 0 saturated carbocycles. The van der Waals surface area contributed by atoms with Crippen LogP contribution in [0.15, 0.2) is 0 Å². The lowest BCUT2D eigenvalue weighted by Gasteiger charge is -2.14. The van der Waals surface area contributed by atoms with E-state index >= 15 is 0 Å². The maximum Gasteiger partial charge on any atom is 0.310 e. The molecule has 0 amide bonds. The molecular weight excluding hydrogens is 190 g/mol. The van der Waals surface area contributed by atoms with E-state index in [-0.39, 0.29) is 24.3 Å². The van der Waals surface area contributed by atoms with E-state index in [2.05, 4.69) is 12.2 Å². The van der Waals surface area contributed by atoms with Crippen LogP contribution in [0.2, 0.25) is 0 Å². The summed E-state index contributed by atoms with van der Waals surface area (Å²) in [6, 6.07) is 0. The monoisotopic (exact) mass is 207 g/mol. The van der Waals surface area contributed by atoms with Gasteiger partial charge in [0.25, 0.3) is 0 Å². The molecule has 0 unspecified atom stereocenters. The average Bonchev–Trinajstić information content (AvgIpc) is 2.51. The predicted octanol–water partition coefficient (Wildman–Crippen LogP) is 1.22. The highest BCUT2D eigenvalue weighted by Crippen LogP contribution is 2.20. The summed E-state index contributed by atoms with van der Waals surface area (Å²) in [6.45, 7) is 6.20. The van der Waals surface area contributed by atoms with Crippen LogP contribution in [0.1, 0.15) is 20.3 Å². The molecule has 1 aliphatic rings. The van der Waals surface area contributed by atoms with Gasteiger partial charge in [0.2, 0.25) is 0 Å². The van der Waals surface area contributed by atoms with Crippen LogP contribution in [0.4, 0.5) is 0 Å². The summed E-state index contributed by atoms with van der Waals surface area (Å²) in [7, 11) is 0. The van der Waals surface area contributed by atoms with E-state index in [1.807, 2.05) is 6.92 Å². The molecule has 1 N–H and O–H groups in total. The van der Waals surface area contributed by atoms with Crippen LogP contribution in [0.3, 0.4) is 0 Å². The molecule has 78 valence electrons. The number of halogens is 1. The Bertz CT molecular complexity index is 164. The molecule has 0 aromatic rings. The van der Waals surface area contributed by atoms with Gasteiger partial charge in [0, 0.05) is 6.54 Å². The van der Waals surface area contributed by atoms with Crippen molar-refractivity contribution in [3.8, 4) is 0 Å². The third kappa shape index (κ3) is 3.16. The Morgan fingerprint density at radius 3 is 2.69 bits per heavy atom. The highest BCUT2D eigenvalue weighted by atomic mass is 35.5. The van der Waals surface area contributed by atoms with Crippen molar-refractivity contribution in [1.82, 2.24) is 5.32 Å². The Labute approximate surface area is 85.6 Å². The molecule has 1 heterocycles. The van der Waals surface area contributed by atoms with Gasteiger partial charge in [-0.2, -0.15) is 0 Å². The van der Waals surface area contributed by atoms with Crippen LogP contribution in [0, 0.1) is 11.8 Å². The maximum atomic E-state index is 11.4. The highest BCUT2D eigenvalue weighted by Gasteiger charge is 2.32. The molecule has 4 heteroatoms. The minimum absolute atomic E-state index is 0. The molecule has 1 aliphatic heterocycles. The fourth-order valence-electron chi connectivity index (χ4n) is 1.69. The lowest BCUT2D eigenvalue weighted by molar-refractivity contribution is -0.148. The van der Waals surface area contributed by atoms with Gasteiger partial charge in [-0.3, -0.25) is 4.79 Å². The molecule has 0 radical (unpaired) electrons. The molecule has 0 bridgehead atoms. The summed E-state index contributed by atoms with van der Waals surface area (Å²) in [5.74, 6) is 0.536. The number of carbonyl (C=O) groups is 1. The number of carbonyl (C=O) groups excluding carboxylic acids is 1. The zero-order valence-electron chi connectivity index (χ0n) is 8.21. The fourth-order valence-corrected chi connectivity index (χ4v) is 1.69. The Kier molecular flexibility index (Phi) is 6.08. The minimum Gasteiger partial charge on any atom is -0.466 e. The van der Waals surface area contributed by atoms with Gasteiger partial charge in [0.15, 0.2) is 0 Å². The van der Waals surface area contributed by atoms with Gasteiger partial charge < -0.3 is 10.1 Å². The van der Waals surface area contributed by atoms with E-state index in [9.17, 15) is 4.79 Å². The maximum absolute atomic E-state index is 11.4. The summed E-state index contributed by atoms with van der Waals surface area (Å²) in [4.78, 5) is 11.4. The number of nitrogens with one attached hydrogen (secondary N) is 1. The van der Waals surface area contributed by atoms with Gasteiger partial charge in [-0.15, -0.1) is 12.4 Å². The van der Waals surface area contributed by atoms with E-state index in [0.29, 0.717) is 12.5 Å². The number of rotatable bonds is 3. The largest absolute Gasteiger partial charge is 0.466 e. The number of esters is 1. The van der Waals surface area contributed by atoms with E-state index in [1.54, 1.807) is 0 Å². The van der Waals surface area contributed by atoms with Gasteiger partial charge in [-0.05, 0) is 19.4 Å². The first-order valence-electron chi connectivity index (χ1n) is 4.66. The zero-order valence-corrected chi connectivity index (χ0v) is 9.02. The second kappa shape index (κ2) is 6.22. The van der Waals surface area contributed by atoms with E-state index < -0.39 is 0 Å². The molecule has 0 aromatic carbocycles. The lowest BCUT2D eigenvalue weighted by Crippen LogP contribution is -2.24. The van der Waals surface area contributed by atoms with Crippen LogP contribution >= 0.6 is 12.4 Å². The molecule has 1 fully saturated rings. The highest BCUT2D eigenvalue weighted by molar-refractivity contribution is 5.85. The van der Waals surface area contributed by atoms with Crippen molar-refractivity contribution in [3.05, 3.63) is 0 Å². The molecular formula is C9H18ClNO2. The third-order valence-corrected chi connectivity index (χ3v) is 2.45. The average molecular weight is 208 g/mol. The SMILES string of the molecule is CCOC(=O)[C@H]1CNC[C@@H]1CC.Cl. The van der Waals surface area contributed by atoms with Gasteiger partial charge in [-0.1, -0.05) is 13.3 Å². The summed E-state index contributed by atoms with van der Waals surface area (Å²) >= 11 is 0. The lowest BCUT2D eigenvalue weighted by atomic mass is 9.94. The van der Waals surface area contributed by atoms with Crippen molar-refractivity contribution in [3.63, 3.8) is 0 Å². The molecule has 0 aliphatic carbocycles. The summed E-state index contributed by atoms with van der Waals surface area (Å²) in [5, 5.41) is 3.21. The summed E-state index contributed by atoms with van der Waals surface area (Å²) in [6.07, 6.45) is 1.05. The van der Waals surface area contributed by atoms with Crippen molar-refractivity contribution >= 4 is 18.4 Å². The van der Waals surface area contributed by atoms with Gasteiger partial charge in [-0.25, -0.2) is 0 Å². The third-order valence-electron chi connectivity index (χ3n) is 2.45. The van der Waals surface area contributed by atoms with Gasteiger partial charge >= 0.3 is 5.97 Å². The van der Waals surface area contributed by atoms with Crippen LogP contribution in [0.25, 0.3) is 0 Å². The fraction of sp³-hybridized carbons (Fsp3) is 0.889. The first-order valence-corrected chi connectivity index (χ1v) is 4.66.